The van der Waals surface area contributed by atoms with Gasteiger partial charge < -0.3 is 0 Å². The Morgan fingerprint density at radius 1 is 1.36 bits per heavy atom. The number of hydrogen-bond acceptors (Lipinski definition) is 2. The van der Waals surface area contributed by atoms with E-state index in [2.05, 4.69) is 5.14 Å². The number of nitrogens with two attached hydrogens (primary N) is 1. The van der Waals surface area contributed by atoms with Crippen LogP contribution in [0.1, 0.15) is 0 Å². The fourth-order valence-corrected chi connectivity index (χ4v) is 0. The van der Waals surface area contributed by atoms with E-state index in [-0.39, 0.29) is 18.9 Å². The van der Waals surface area contributed by atoms with Gasteiger partial charge in [-0.1, -0.05) is 0 Å². The molecule has 0 aliphatic rings. The normalized spacial score (nSPS) is 10.7. The van der Waals surface area contributed by atoms with Gasteiger partial charge in [0.2, 0.25) is 0 Å². The Hall–Kier alpha value is 0.257. The Kier molecular flexibility index (Phi) is 9.24. The summed E-state index contributed by atoms with van der Waals surface area (Å²) in [5.41, 5.74) is 0. The first-order valence-electron chi connectivity index (χ1n) is 1.67. The number of hydrogen-bond donors (Lipinski definition) is 2. The van der Waals surface area contributed by atoms with E-state index in [9.17, 15) is 13.2 Å². The summed E-state index contributed by atoms with van der Waals surface area (Å²) >= 11 is 0. The first-order valence-corrected chi connectivity index (χ1v) is 3.18. The van der Waals surface area contributed by atoms with Crippen molar-refractivity contribution < 1.29 is 45.0 Å². The first kappa shape index (κ1) is 17.4. The molecular formula is C2H5F3LiNO3S. The van der Waals surface area contributed by atoms with Crippen LogP contribution in [0.5, 0.6) is 0 Å². The van der Waals surface area contributed by atoms with E-state index in [1.54, 1.807) is 6.92 Å². The van der Waals surface area contributed by atoms with E-state index in [0.717, 1.165) is 0 Å². The minimum Gasteiger partial charge on any atom is -0.274 e. The third-order valence-electron chi connectivity index (χ3n) is 0. The molecule has 0 rings (SSSR count). The van der Waals surface area contributed by atoms with Crippen LogP contribution in [0.15, 0.2) is 0 Å². The van der Waals surface area contributed by atoms with Crippen LogP contribution in [0.25, 0.3) is 0 Å². The molecule has 0 saturated heterocycles. The molecule has 0 spiro atoms. The molecule has 9 heteroatoms. The molecule has 11 heavy (non-hydrogen) atoms. The van der Waals surface area contributed by atoms with Crippen molar-refractivity contribution in [2.75, 3.05) is 0 Å². The third-order valence-corrected chi connectivity index (χ3v) is 0. The average Bonchev–Trinajstić information content (AvgIpc) is 1.12. The molecule has 0 bridgehead atoms. The van der Waals surface area contributed by atoms with Gasteiger partial charge in [-0.25, -0.2) is 25.2 Å². The summed E-state index contributed by atoms with van der Waals surface area (Å²) in [6.45, 7) is 1.77. The van der Waals surface area contributed by atoms with Crippen LogP contribution in [0.4, 0.5) is 13.2 Å². The largest absolute Gasteiger partial charge is 1.00 e. The van der Waals surface area contributed by atoms with Gasteiger partial charge in [-0.05, 0) is 0 Å². The molecule has 0 fully saturated rings. The summed E-state index contributed by atoms with van der Waals surface area (Å²) in [7, 11) is -4.17. The summed E-state index contributed by atoms with van der Waals surface area (Å²) in [6, 6.07) is 0. The van der Waals surface area contributed by atoms with Crippen molar-refractivity contribution in [3.8, 4) is 0 Å². The van der Waals surface area contributed by atoms with Gasteiger partial charge in [-0.2, -0.15) is 8.42 Å². The molecule has 3 N–H and O–H groups in total. The molecule has 0 atom stereocenters. The maximum absolute atomic E-state index is 10.2. The minimum absolute atomic E-state index is 0. The Morgan fingerprint density at radius 2 is 1.36 bits per heavy atom. The molecule has 64 valence electrons. The smallest absolute Gasteiger partial charge is 0.274 e. The summed E-state index contributed by atoms with van der Waals surface area (Å²) < 4.78 is 55.9. The van der Waals surface area contributed by atoms with E-state index in [1.165, 1.54) is 0 Å². The van der Waals surface area contributed by atoms with Crippen molar-refractivity contribution in [3.05, 3.63) is 6.92 Å². The quantitative estimate of drug-likeness (QED) is 0.243. The van der Waals surface area contributed by atoms with Crippen LogP contribution in [0.3, 0.4) is 0 Å². The van der Waals surface area contributed by atoms with Crippen molar-refractivity contribution in [2.45, 2.75) is 6.18 Å². The molecule has 0 aromatic heterocycles. The second-order valence-corrected chi connectivity index (χ2v) is 2.16. The van der Waals surface area contributed by atoms with Crippen LogP contribution in [0.2, 0.25) is 0 Å². The molecule has 0 aromatic carbocycles. The molecule has 0 unspecified atom stereocenters. The zero-order valence-electron chi connectivity index (χ0n) is 5.59. The van der Waals surface area contributed by atoms with Gasteiger partial charge in [0.15, 0.2) is 0 Å². The van der Waals surface area contributed by atoms with Gasteiger partial charge in [-0.3, -0.25) is 4.55 Å². The van der Waals surface area contributed by atoms with Crippen LogP contribution in [0, 0.1) is 6.92 Å². The molecular weight excluding hydrogens is 182 g/mol. The van der Waals surface area contributed by atoms with Gasteiger partial charge in [0, 0.05) is 0 Å². The SMILES string of the molecule is NS(=O)(=O)O.[CH2-]C(F)(F)F.[Li+]. The molecule has 0 amide bonds. The van der Waals surface area contributed by atoms with Crippen molar-refractivity contribution >= 4 is 10.3 Å². The van der Waals surface area contributed by atoms with Gasteiger partial charge in [0.1, 0.15) is 0 Å². The number of halogens is 3. The molecule has 0 radical (unpaired) electrons. The standard InChI is InChI=1S/C2H2F3.Li.H3NO3S/c1-2(3,4)5;;1-5(2,3)4/h1H2;;(H3,1,2,3,4)/q-1;+1;. The molecule has 0 saturated carbocycles. The molecule has 0 aliphatic heterocycles. The van der Waals surface area contributed by atoms with Crippen LogP contribution >= 0.6 is 0 Å². The topological polar surface area (TPSA) is 80.4 Å². The van der Waals surface area contributed by atoms with E-state index < -0.39 is 16.5 Å². The Balaban J connectivity index is -0.000000107. The average molecular weight is 187 g/mol. The van der Waals surface area contributed by atoms with Crippen molar-refractivity contribution in [1.82, 2.24) is 0 Å². The summed E-state index contributed by atoms with van der Waals surface area (Å²) in [6.07, 6.45) is -4.25. The zero-order valence-corrected chi connectivity index (χ0v) is 6.41. The van der Waals surface area contributed by atoms with Crippen LogP contribution in [-0.4, -0.2) is 19.1 Å². The van der Waals surface area contributed by atoms with E-state index in [0.29, 0.717) is 0 Å². The maximum atomic E-state index is 10.2. The molecule has 0 heterocycles. The molecule has 0 aromatic rings. The van der Waals surface area contributed by atoms with Crippen LogP contribution in [-0.2, 0) is 10.3 Å². The number of rotatable bonds is 0. The van der Waals surface area contributed by atoms with Gasteiger partial charge in [-0.15, -0.1) is 0 Å². The fourth-order valence-electron chi connectivity index (χ4n) is 0. The van der Waals surface area contributed by atoms with Crippen LogP contribution < -0.4 is 24.0 Å². The van der Waals surface area contributed by atoms with Gasteiger partial charge in [0.25, 0.3) is 6.18 Å². The minimum atomic E-state index is -4.25. The summed E-state index contributed by atoms with van der Waals surface area (Å²) in [5, 5.41) is 3.88. The Morgan fingerprint density at radius 3 is 1.36 bits per heavy atom. The second-order valence-electron chi connectivity index (χ2n) is 1.13. The Labute approximate surface area is 74.0 Å². The number of alkyl halides is 3. The van der Waals surface area contributed by atoms with Crippen molar-refractivity contribution in [1.29, 1.82) is 0 Å². The van der Waals surface area contributed by atoms with Crippen molar-refractivity contribution in [3.63, 3.8) is 0 Å². The van der Waals surface area contributed by atoms with E-state index >= 15 is 0 Å². The van der Waals surface area contributed by atoms with Gasteiger partial charge >= 0.3 is 29.2 Å². The molecule has 0 aliphatic carbocycles. The summed E-state index contributed by atoms with van der Waals surface area (Å²) in [4.78, 5) is 0. The van der Waals surface area contributed by atoms with E-state index in [1.807, 2.05) is 0 Å². The molecule has 4 nitrogen and oxygen atoms in total. The predicted molar refractivity (Wildman–Crippen MR) is 27.1 cm³/mol. The second kappa shape index (κ2) is 5.85. The van der Waals surface area contributed by atoms with Gasteiger partial charge in [0.05, 0.1) is 0 Å². The first-order chi connectivity index (χ1) is 4.00. The predicted octanol–water partition coefficient (Wildman–Crippen LogP) is -2.87. The third kappa shape index (κ3) is 10600. The fraction of sp³-hybridized carbons (Fsp3) is 0.500. The van der Waals surface area contributed by atoms with Crippen molar-refractivity contribution in [2.24, 2.45) is 5.14 Å². The Bertz CT molecular complexity index is 162. The maximum Gasteiger partial charge on any atom is 1.00 e. The zero-order chi connectivity index (χ0) is 9.00. The monoisotopic (exact) mass is 187 g/mol. The van der Waals surface area contributed by atoms with E-state index in [4.69, 9.17) is 13.0 Å². The summed E-state index contributed by atoms with van der Waals surface area (Å²) in [5.74, 6) is 0.